The van der Waals surface area contributed by atoms with Gasteiger partial charge in [0.15, 0.2) is 0 Å². The van der Waals surface area contributed by atoms with Crippen molar-refractivity contribution >= 4 is 29.0 Å². The first-order chi connectivity index (χ1) is 14.0. The van der Waals surface area contributed by atoms with Crippen LogP contribution in [0.25, 0.3) is 0 Å². The molecule has 164 valence electrons. The van der Waals surface area contributed by atoms with Crippen LogP contribution < -0.4 is 0 Å². The maximum Gasteiger partial charge on any atom is 0.137 e. The number of carbonyl (C=O) groups excluding carboxylic acids is 1. The lowest BCUT2D eigenvalue weighted by molar-refractivity contribution is -0.118. The van der Waals surface area contributed by atoms with E-state index in [1.165, 1.54) is 0 Å². The predicted molar refractivity (Wildman–Crippen MR) is 124 cm³/mol. The highest BCUT2D eigenvalue weighted by atomic mass is 35.5. The lowest BCUT2D eigenvalue weighted by Crippen LogP contribution is -2.21. The van der Waals surface area contributed by atoms with Gasteiger partial charge in [0, 0.05) is 29.5 Å². The fourth-order valence-corrected chi connectivity index (χ4v) is 4.17. The van der Waals surface area contributed by atoms with Gasteiger partial charge in [-0.1, -0.05) is 55.2 Å². The van der Waals surface area contributed by atoms with E-state index in [1.54, 1.807) is 32.0 Å². The van der Waals surface area contributed by atoms with Crippen molar-refractivity contribution < 1.29 is 15.0 Å². The molecule has 0 bridgehead atoms. The third-order valence-electron chi connectivity index (χ3n) is 5.52. The van der Waals surface area contributed by atoms with Crippen LogP contribution >= 0.6 is 23.2 Å². The number of benzene rings is 2. The zero-order valence-corrected chi connectivity index (χ0v) is 19.7. The third-order valence-corrected chi connectivity index (χ3v) is 6.12. The first-order valence-corrected chi connectivity index (χ1v) is 11.2. The van der Waals surface area contributed by atoms with Gasteiger partial charge in [0.05, 0.1) is 5.60 Å². The Labute approximate surface area is 190 Å². The molecular formula is C25H32Cl2O3. The molecule has 2 atom stereocenters. The molecular weight excluding hydrogens is 419 g/mol. The summed E-state index contributed by atoms with van der Waals surface area (Å²) < 4.78 is 0. The van der Waals surface area contributed by atoms with Crippen molar-refractivity contribution in [1.82, 2.24) is 0 Å². The second kappa shape index (κ2) is 10.8. The van der Waals surface area contributed by atoms with Crippen LogP contribution in [0.5, 0.6) is 0 Å². The normalized spacial score (nSPS) is 13.9. The molecule has 0 aliphatic heterocycles. The highest BCUT2D eigenvalue weighted by Gasteiger charge is 2.24. The standard InChI is InChI=1S/C25H32Cl2O3/c1-16(15-28)12-22-21(6-5-7-23(22)25(3,4)30)17(2)8-10-20(29)14-18-13-19(26)9-11-24(18)27/h5-7,9,11,13,16-17,28,30H,8,10,12,14-15H2,1-4H3/t16-,17-/m1/s1. The van der Waals surface area contributed by atoms with Crippen LogP contribution in [0.1, 0.15) is 68.7 Å². The largest absolute Gasteiger partial charge is 0.396 e. The molecule has 0 radical (unpaired) electrons. The van der Waals surface area contributed by atoms with Crippen molar-refractivity contribution in [2.45, 2.75) is 64.9 Å². The van der Waals surface area contributed by atoms with Crippen LogP contribution in [-0.2, 0) is 23.2 Å². The van der Waals surface area contributed by atoms with E-state index < -0.39 is 5.60 Å². The van der Waals surface area contributed by atoms with Crippen molar-refractivity contribution in [3.05, 3.63) is 68.7 Å². The van der Waals surface area contributed by atoms with E-state index in [0.29, 0.717) is 29.3 Å². The van der Waals surface area contributed by atoms with Gasteiger partial charge in [-0.2, -0.15) is 0 Å². The third kappa shape index (κ3) is 6.81. The number of aliphatic hydroxyl groups is 2. The van der Waals surface area contributed by atoms with Gasteiger partial charge in [-0.25, -0.2) is 0 Å². The van der Waals surface area contributed by atoms with Crippen molar-refractivity contribution in [3.63, 3.8) is 0 Å². The molecule has 0 aliphatic rings. The van der Waals surface area contributed by atoms with Crippen LogP contribution in [0.15, 0.2) is 36.4 Å². The number of carbonyl (C=O) groups is 1. The van der Waals surface area contributed by atoms with Gasteiger partial charge in [0.25, 0.3) is 0 Å². The van der Waals surface area contributed by atoms with E-state index in [0.717, 1.165) is 22.3 Å². The maximum absolute atomic E-state index is 12.6. The first-order valence-electron chi connectivity index (χ1n) is 10.4. The number of hydrogen-bond donors (Lipinski definition) is 2. The molecule has 5 heteroatoms. The summed E-state index contributed by atoms with van der Waals surface area (Å²) in [5.41, 5.74) is 2.86. The summed E-state index contributed by atoms with van der Waals surface area (Å²) >= 11 is 12.2. The quantitative estimate of drug-likeness (QED) is 0.460. The predicted octanol–water partition coefficient (Wildman–Crippen LogP) is 6.09. The van der Waals surface area contributed by atoms with Crippen LogP contribution in [0.2, 0.25) is 10.0 Å². The summed E-state index contributed by atoms with van der Waals surface area (Å²) in [4.78, 5) is 12.6. The fraction of sp³-hybridized carbons (Fsp3) is 0.480. The average Bonchev–Trinajstić information content (AvgIpc) is 2.68. The monoisotopic (exact) mass is 450 g/mol. The molecule has 0 saturated heterocycles. The Balaban J connectivity index is 2.16. The van der Waals surface area contributed by atoms with E-state index in [2.05, 4.69) is 13.0 Å². The number of rotatable bonds is 10. The highest BCUT2D eigenvalue weighted by Crippen LogP contribution is 2.34. The van der Waals surface area contributed by atoms with E-state index in [9.17, 15) is 15.0 Å². The zero-order chi connectivity index (χ0) is 22.5. The van der Waals surface area contributed by atoms with Gasteiger partial charge >= 0.3 is 0 Å². The summed E-state index contributed by atoms with van der Waals surface area (Å²) in [6.45, 7) is 7.75. The van der Waals surface area contributed by atoms with Gasteiger partial charge in [0.2, 0.25) is 0 Å². The Morgan fingerprint density at radius 1 is 1.13 bits per heavy atom. The van der Waals surface area contributed by atoms with Crippen molar-refractivity contribution in [1.29, 1.82) is 0 Å². The molecule has 0 amide bonds. The second-order valence-corrected chi connectivity index (χ2v) is 9.66. The molecule has 2 rings (SSSR count). The van der Waals surface area contributed by atoms with E-state index in [-0.39, 0.29) is 30.6 Å². The first kappa shape index (κ1) is 24.9. The number of aliphatic hydroxyl groups excluding tert-OH is 1. The number of ketones is 1. The molecule has 2 aromatic carbocycles. The second-order valence-electron chi connectivity index (χ2n) is 8.82. The minimum absolute atomic E-state index is 0.0889. The van der Waals surface area contributed by atoms with Gasteiger partial charge in [0.1, 0.15) is 5.78 Å². The van der Waals surface area contributed by atoms with Gasteiger partial charge in [-0.15, -0.1) is 0 Å². The molecule has 0 heterocycles. The lowest BCUT2D eigenvalue weighted by Gasteiger charge is -2.27. The molecule has 0 spiro atoms. The zero-order valence-electron chi connectivity index (χ0n) is 18.2. The Morgan fingerprint density at radius 3 is 2.47 bits per heavy atom. The minimum atomic E-state index is -0.973. The summed E-state index contributed by atoms with van der Waals surface area (Å²) in [5.74, 6) is 0.355. The molecule has 30 heavy (non-hydrogen) atoms. The summed E-state index contributed by atoms with van der Waals surface area (Å²) in [5, 5.41) is 21.3. The SMILES string of the molecule is C[C@@H](CO)Cc1c([C@H](C)CCC(=O)Cc2cc(Cl)ccc2Cl)cccc1C(C)(C)O. The molecule has 0 fully saturated rings. The molecule has 0 aromatic heterocycles. The number of Topliss-reactive ketones (excluding diaryl/α,β-unsaturated/α-hetero) is 1. The van der Waals surface area contributed by atoms with E-state index >= 15 is 0 Å². The molecule has 2 N–H and O–H groups in total. The van der Waals surface area contributed by atoms with Gasteiger partial charge < -0.3 is 10.2 Å². The number of halogens is 2. The summed E-state index contributed by atoms with van der Waals surface area (Å²) in [6.07, 6.45) is 2.09. The molecule has 2 aromatic rings. The molecule has 0 aliphatic carbocycles. The Hall–Kier alpha value is -1.39. The summed E-state index contributed by atoms with van der Waals surface area (Å²) in [6, 6.07) is 11.1. The van der Waals surface area contributed by atoms with Crippen LogP contribution in [0, 0.1) is 5.92 Å². The van der Waals surface area contributed by atoms with Gasteiger partial charge in [-0.05, 0) is 79.0 Å². The molecule has 3 nitrogen and oxygen atoms in total. The Kier molecular flexibility index (Phi) is 8.93. The average molecular weight is 451 g/mol. The van der Waals surface area contributed by atoms with Crippen molar-refractivity contribution in [2.75, 3.05) is 6.61 Å². The van der Waals surface area contributed by atoms with E-state index in [1.807, 2.05) is 19.1 Å². The molecule has 0 saturated carbocycles. The van der Waals surface area contributed by atoms with Crippen molar-refractivity contribution in [3.8, 4) is 0 Å². The van der Waals surface area contributed by atoms with Crippen LogP contribution in [0.3, 0.4) is 0 Å². The Morgan fingerprint density at radius 2 is 1.83 bits per heavy atom. The fourth-order valence-electron chi connectivity index (χ4n) is 3.79. The van der Waals surface area contributed by atoms with Gasteiger partial charge in [-0.3, -0.25) is 4.79 Å². The van der Waals surface area contributed by atoms with E-state index in [4.69, 9.17) is 23.2 Å². The Bertz CT molecular complexity index is 871. The molecule has 0 unspecified atom stereocenters. The maximum atomic E-state index is 12.6. The van der Waals surface area contributed by atoms with Crippen molar-refractivity contribution in [2.24, 2.45) is 5.92 Å². The highest BCUT2D eigenvalue weighted by molar-refractivity contribution is 6.33. The van der Waals surface area contributed by atoms with Crippen LogP contribution in [-0.4, -0.2) is 22.6 Å². The lowest BCUT2D eigenvalue weighted by atomic mass is 9.81. The van der Waals surface area contributed by atoms with Crippen LogP contribution in [0.4, 0.5) is 0 Å². The number of hydrogen-bond acceptors (Lipinski definition) is 3. The minimum Gasteiger partial charge on any atom is -0.396 e. The summed E-state index contributed by atoms with van der Waals surface area (Å²) in [7, 11) is 0. The topological polar surface area (TPSA) is 57.5 Å². The smallest absolute Gasteiger partial charge is 0.137 e.